The molecule has 1 N–H and O–H groups in total. The number of morpholine rings is 1. The summed E-state index contributed by atoms with van der Waals surface area (Å²) in [5, 5.41) is 13.5. The highest BCUT2D eigenvalue weighted by molar-refractivity contribution is 5.94. The summed E-state index contributed by atoms with van der Waals surface area (Å²) in [6, 6.07) is 16.5. The molecule has 1 amide bonds. The zero-order chi connectivity index (χ0) is 31.9. The van der Waals surface area contributed by atoms with Crippen molar-refractivity contribution >= 4 is 28.2 Å². The standard InChI is InChI=1S/C34H35N7O4/c1-21-25(7-6-8-29(21)41-32(43)26-11-10-24(34(2,3)4)17-23(26)20-36-41)27-18-28(33(44)39(5)38-27)37-30-12-9-22(19-35-30)31(42)40-13-15-45-16-14-40/h6-12,17-20H,13-16H2,1-5H3,(H,35,37). The Morgan fingerprint density at radius 2 is 1.73 bits per heavy atom. The summed E-state index contributed by atoms with van der Waals surface area (Å²) in [5.41, 5.74) is 3.91. The Labute approximate surface area is 260 Å². The van der Waals surface area contributed by atoms with E-state index in [1.807, 2.05) is 43.3 Å². The maximum atomic E-state index is 13.6. The number of fused-ring (bicyclic) bond motifs is 1. The molecule has 230 valence electrons. The van der Waals surface area contributed by atoms with Crippen LogP contribution in [0.3, 0.4) is 0 Å². The molecule has 0 aliphatic carbocycles. The summed E-state index contributed by atoms with van der Waals surface area (Å²) >= 11 is 0. The van der Waals surface area contributed by atoms with Crippen LogP contribution in [0.2, 0.25) is 0 Å². The number of hydrogen-bond acceptors (Lipinski definition) is 8. The van der Waals surface area contributed by atoms with E-state index < -0.39 is 0 Å². The van der Waals surface area contributed by atoms with Gasteiger partial charge in [-0.1, -0.05) is 39.0 Å². The lowest BCUT2D eigenvalue weighted by molar-refractivity contribution is 0.0302. The quantitative estimate of drug-likeness (QED) is 0.313. The number of anilines is 2. The van der Waals surface area contributed by atoms with Gasteiger partial charge in [0.2, 0.25) is 0 Å². The van der Waals surface area contributed by atoms with Gasteiger partial charge in [-0.25, -0.2) is 9.67 Å². The van der Waals surface area contributed by atoms with E-state index in [1.165, 1.54) is 15.6 Å². The number of carbonyl (C=O) groups excluding carboxylic acids is 1. The molecule has 5 aromatic rings. The molecule has 0 radical (unpaired) electrons. The average molecular weight is 606 g/mol. The largest absolute Gasteiger partial charge is 0.378 e. The molecule has 3 aromatic heterocycles. The number of pyridine rings is 1. The van der Waals surface area contributed by atoms with Gasteiger partial charge in [-0.05, 0) is 59.9 Å². The Morgan fingerprint density at radius 1 is 0.956 bits per heavy atom. The van der Waals surface area contributed by atoms with Crippen molar-refractivity contribution in [2.75, 3.05) is 31.6 Å². The average Bonchev–Trinajstić information content (AvgIpc) is 3.03. The first-order chi connectivity index (χ1) is 21.5. The number of nitrogens with one attached hydrogen (secondary N) is 1. The smallest absolute Gasteiger partial charge is 0.290 e. The van der Waals surface area contributed by atoms with E-state index >= 15 is 0 Å². The number of rotatable bonds is 5. The number of nitrogens with zero attached hydrogens (tertiary/aromatic N) is 6. The van der Waals surface area contributed by atoms with Gasteiger partial charge in [-0.2, -0.15) is 14.9 Å². The van der Waals surface area contributed by atoms with Gasteiger partial charge in [0.15, 0.2) is 0 Å². The van der Waals surface area contributed by atoms with Gasteiger partial charge in [0, 0.05) is 37.3 Å². The molecule has 2 aromatic carbocycles. The van der Waals surface area contributed by atoms with Crippen LogP contribution in [0.4, 0.5) is 11.5 Å². The van der Waals surface area contributed by atoms with E-state index in [-0.39, 0.29) is 28.1 Å². The summed E-state index contributed by atoms with van der Waals surface area (Å²) < 4.78 is 7.99. The van der Waals surface area contributed by atoms with E-state index in [0.717, 1.165) is 22.1 Å². The summed E-state index contributed by atoms with van der Waals surface area (Å²) in [4.78, 5) is 45.6. The molecule has 45 heavy (non-hydrogen) atoms. The van der Waals surface area contributed by atoms with Gasteiger partial charge in [-0.3, -0.25) is 14.4 Å². The van der Waals surface area contributed by atoms with Crippen LogP contribution in [0.1, 0.15) is 42.3 Å². The van der Waals surface area contributed by atoms with Crippen LogP contribution in [0.5, 0.6) is 0 Å². The topological polar surface area (TPSA) is 124 Å². The SMILES string of the molecule is Cc1c(-c2cc(Nc3ccc(C(=O)N4CCOCC4)cn3)c(=O)n(C)n2)cccc1-n1ncc2cc(C(C)(C)C)ccc2c1=O. The Bertz CT molecular complexity index is 2040. The van der Waals surface area contributed by atoms with Gasteiger partial charge in [-0.15, -0.1) is 0 Å². The van der Waals surface area contributed by atoms with Gasteiger partial charge in [0.1, 0.15) is 11.5 Å². The number of benzene rings is 2. The van der Waals surface area contributed by atoms with Crippen LogP contribution in [-0.2, 0) is 17.2 Å². The zero-order valence-corrected chi connectivity index (χ0v) is 26.0. The highest BCUT2D eigenvalue weighted by Gasteiger charge is 2.20. The molecule has 1 saturated heterocycles. The Balaban J connectivity index is 1.31. The third-order valence-corrected chi connectivity index (χ3v) is 8.10. The van der Waals surface area contributed by atoms with Crippen molar-refractivity contribution in [2.45, 2.75) is 33.1 Å². The number of carbonyl (C=O) groups is 1. The van der Waals surface area contributed by atoms with Crippen molar-refractivity contribution in [3.8, 4) is 16.9 Å². The molecule has 11 nitrogen and oxygen atoms in total. The molecule has 0 unspecified atom stereocenters. The third-order valence-electron chi connectivity index (χ3n) is 8.10. The van der Waals surface area contributed by atoms with E-state index in [2.05, 4.69) is 41.3 Å². The van der Waals surface area contributed by atoms with E-state index in [4.69, 9.17) is 4.74 Å². The molecule has 0 bridgehead atoms. The number of ether oxygens (including phenoxy) is 1. The molecule has 0 spiro atoms. The normalized spacial score (nSPS) is 13.7. The molecule has 1 aliphatic heterocycles. The molecular formula is C34H35N7O4. The minimum absolute atomic E-state index is 0.0495. The fourth-order valence-corrected chi connectivity index (χ4v) is 5.43. The molecule has 0 saturated carbocycles. The van der Waals surface area contributed by atoms with Gasteiger partial charge < -0.3 is 15.0 Å². The highest BCUT2D eigenvalue weighted by Crippen LogP contribution is 2.28. The number of aromatic nitrogens is 5. The van der Waals surface area contributed by atoms with Crippen LogP contribution >= 0.6 is 0 Å². The van der Waals surface area contributed by atoms with Crippen molar-refractivity contribution in [2.24, 2.45) is 7.05 Å². The lowest BCUT2D eigenvalue weighted by atomic mass is 9.86. The predicted octanol–water partition coefficient (Wildman–Crippen LogP) is 4.36. The third kappa shape index (κ3) is 5.86. The van der Waals surface area contributed by atoms with Crippen LogP contribution in [-0.4, -0.2) is 61.7 Å². The predicted molar refractivity (Wildman–Crippen MR) is 173 cm³/mol. The second-order valence-electron chi connectivity index (χ2n) is 12.2. The van der Waals surface area contributed by atoms with Crippen LogP contribution in [0.15, 0.2) is 76.6 Å². The summed E-state index contributed by atoms with van der Waals surface area (Å²) in [5.74, 6) is 0.305. The van der Waals surface area contributed by atoms with Crippen molar-refractivity contribution in [3.05, 3.63) is 104 Å². The maximum Gasteiger partial charge on any atom is 0.290 e. The molecule has 6 rings (SSSR count). The van der Waals surface area contributed by atoms with Crippen LogP contribution in [0.25, 0.3) is 27.7 Å². The Morgan fingerprint density at radius 3 is 2.44 bits per heavy atom. The minimum atomic E-state index is -0.343. The van der Waals surface area contributed by atoms with E-state index in [9.17, 15) is 14.4 Å². The fraction of sp³-hybridized carbons (Fsp3) is 0.294. The molecular weight excluding hydrogens is 570 g/mol. The summed E-state index contributed by atoms with van der Waals surface area (Å²) in [6.07, 6.45) is 3.22. The fourth-order valence-electron chi connectivity index (χ4n) is 5.43. The second-order valence-corrected chi connectivity index (χ2v) is 12.2. The van der Waals surface area contributed by atoms with E-state index in [1.54, 1.807) is 36.3 Å². The first-order valence-corrected chi connectivity index (χ1v) is 14.8. The molecule has 1 fully saturated rings. The van der Waals surface area contributed by atoms with Crippen LogP contribution in [0, 0.1) is 6.92 Å². The first kappa shape index (κ1) is 29.9. The monoisotopic (exact) mass is 605 g/mol. The summed E-state index contributed by atoms with van der Waals surface area (Å²) in [7, 11) is 1.58. The van der Waals surface area contributed by atoms with Crippen LogP contribution < -0.4 is 16.4 Å². The maximum absolute atomic E-state index is 13.6. The molecule has 0 atom stereocenters. The molecule has 11 heteroatoms. The molecule has 4 heterocycles. The van der Waals surface area contributed by atoms with Crippen molar-refractivity contribution in [1.29, 1.82) is 0 Å². The summed E-state index contributed by atoms with van der Waals surface area (Å²) in [6.45, 7) is 10.4. The van der Waals surface area contributed by atoms with Gasteiger partial charge >= 0.3 is 0 Å². The van der Waals surface area contributed by atoms with E-state index in [0.29, 0.717) is 54.5 Å². The van der Waals surface area contributed by atoms with Gasteiger partial charge in [0.05, 0.1) is 41.7 Å². The highest BCUT2D eigenvalue weighted by atomic mass is 16.5. The van der Waals surface area contributed by atoms with Crippen molar-refractivity contribution in [1.82, 2.24) is 29.4 Å². The lowest BCUT2D eigenvalue weighted by Gasteiger charge is -2.26. The number of aryl methyl sites for hydroxylation is 1. The Kier molecular flexibility index (Phi) is 7.80. The number of amides is 1. The first-order valence-electron chi connectivity index (χ1n) is 14.8. The van der Waals surface area contributed by atoms with Crippen molar-refractivity contribution < 1.29 is 9.53 Å². The number of hydrogen-bond donors (Lipinski definition) is 1. The minimum Gasteiger partial charge on any atom is -0.378 e. The molecule has 1 aliphatic rings. The zero-order valence-electron chi connectivity index (χ0n) is 26.0. The van der Waals surface area contributed by atoms with Gasteiger partial charge in [0.25, 0.3) is 17.0 Å². The second kappa shape index (κ2) is 11.7. The lowest BCUT2D eigenvalue weighted by Crippen LogP contribution is -2.40. The Hall–Kier alpha value is -5.16. The van der Waals surface area contributed by atoms with Crippen molar-refractivity contribution in [3.63, 3.8) is 0 Å².